The SMILES string of the molecule is COc1ccc(C)cc1NC(=O)c1c([O-])n(C)c(=O)c2ccccc12. The maximum absolute atomic E-state index is 12.8. The summed E-state index contributed by atoms with van der Waals surface area (Å²) in [6.07, 6.45) is 0. The quantitative estimate of drug-likeness (QED) is 0.794. The summed E-state index contributed by atoms with van der Waals surface area (Å²) in [5.74, 6) is -0.728. The third kappa shape index (κ3) is 2.82. The molecule has 1 N–H and O–H groups in total. The van der Waals surface area contributed by atoms with Crippen LogP contribution in [0.25, 0.3) is 10.8 Å². The van der Waals surface area contributed by atoms with E-state index in [4.69, 9.17) is 4.74 Å². The summed E-state index contributed by atoms with van der Waals surface area (Å²) in [4.78, 5) is 25.0. The van der Waals surface area contributed by atoms with Gasteiger partial charge >= 0.3 is 0 Å². The average Bonchev–Trinajstić information content (AvgIpc) is 2.60. The molecule has 3 rings (SSSR count). The van der Waals surface area contributed by atoms with Crippen molar-refractivity contribution in [1.82, 2.24) is 4.57 Å². The highest BCUT2D eigenvalue weighted by Crippen LogP contribution is 2.28. The number of carbonyl (C=O) groups is 1. The van der Waals surface area contributed by atoms with E-state index in [0.717, 1.165) is 10.1 Å². The van der Waals surface area contributed by atoms with Crippen LogP contribution in [-0.2, 0) is 7.05 Å². The molecule has 0 aliphatic carbocycles. The second-order valence-electron chi connectivity index (χ2n) is 5.75. The lowest BCUT2D eigenvalue weighted by Crippen LogP contribution is -2.26. The Morgan fingerprint density at radius 1 is 1.16 bits per heavy atom. The number of anilines is 1. The number of aromatic nitrogens is 1. The van der Waals surface area contributed by atoms with Gasteiger partial charge in [-0.25, -0.2) is 0 Å². The van der Waals surface area contributed by atoms with Crippen molar-refractivity contribution in [2.45, 2.75) is 6.92 Å². The summed E-state index contributed by atoms with van der Waals surface area (Å²) in [6.45, 7) is 1.88. The van der Waals surface area contributed by atoms with Crippen molar-refractivity contribution in [2.75, 3.05) is 12.4 Å². The molecule has 1 aromatic heterocycles. The number of nitrogens with zero attached hydrogens (tertiary/aromatic N) is 1. The molecule has 25 heavy (non-hydrogen) atoms. The largest absolute Gasteiger partial charge is 0.859 e. The second-order valence-corrected chi connectivity index (χ2v) is 5.75. The number of methoxy groups -OCH3 is 1. The van der Waals surface area contributed by atoms with Gasteiger partial charge in [0.15, 0.2) is 0 Å². The fourth-order valence-electron chi connectivity index (χ4n) is 2.77. The number of amides is 1. The summed E-state index contributed by atoms with van der Waals surface area (Å²) in [6, 6.07) is 11.9. The topological polar surface area (TPSA) is 83.4 Å². The van der Waals surface area contributed by atoms with Gasteiger partial charge < -0.3 is 19.7 Å². The molecule has 0 aliphatic heterocycles. The molecule has 2 aromatic carbocycles. The Kier molecular flexibility index (Phi) is 4.19. The monoisotopic (exact) mass is 337 g/mol. The molecule has 0 saturated heterocycles. The van der Waals surface area contributed by atoms with Crippen LogP contribution < -0.4 is 20.7 Å². The minimum Gasteiger partial charge on any atom is -0.859 e. The number of aryl methyl sites for hydroxylation is 1. The van der Waals surface area contributed by atoms with E-state index >= 15 is 0 Å². The molecule has 0 unspecified atom stereocenters. The van der Waals surface area contributed by atoms with E-state index in [1.165, 1.54) is 14.2 Å². The van der Waals surface area contributed by atoms with Gasteiger partial charge in [-0.05, 0) is 36.6 Å². The lowest BCUT2D eigenvalue weighted by Gasteiger charge is -2.20. The number of fused-ring (bicyclic) bond motifs is 1. The van der Waals surface area contributed by atoms with Gasteiger partial charge in [-0.15, -0.1) is 0 Å². The van der Waals surface area contributed by atoms with Crippen LogP contribution in [-0.4, -0.2) is 17.6 Å². The third-order valence-corrected chi connectivity index (χ3v) is 4.08. The zero-order valence-electron chi connectivity index (χ0n) is 14.1. The van der Waals surface area contributed by atoms with Gasteiger partial charge in [-0.1, -0.05) is 24.3 Å². The first kappa shape index (κ1) is 16.6. The Morgan fingerprint density at radius 3 is 2.52 bits per heavy atom. The Hall–Kier alpha value is -3.28. The Balaban J connectivity index is 2.16. The van der Waals surface area contributed by atoms with Crippen molar-refractivity contribution in [2.24, 2.45) is 7.05 Å². The zero-order chi connectivity index (χ0) is 18.1. The molecule has 0 aliphatic rings. The molecule has 6 heteroatoms. The smallest absolute Gasteiger partial charge is 0.257 e. The van der Waals surface area contributed by atoms with Crippen LogP contribution in [0.5, 0.6) is 11.6 Å². The van der Waals surface area contributed by atoms with Crippen LogP contribution >= 0.6 is 0 Å². The summed E-state index contributed by atoms with van der Waals surface area (Å²) >= 11 is 0. The Bertz CT molecular complexity index is 1040. The predicted octanol–water partition coefficient (Wildman–Crippen LogP) is 2.18. The molecular weight excluding hydrogens is 320 g/mol. The number of hydrogen-bond donors (Lipinski definition) is 1. The summed E-state index contributed by atoms with van der Waals surface area (Å²) in [7, 11) is 2.86. The highest BCUT2D eigenvalue weighted by Gasteiger charge is 2.17. The van der Waals surface area contributed by atoms with Crippen molar-refractivity contribution in [3.63, 3.8) is 0 Å². The molecule has 0 spiro atoms. The Morgan fingerprint density at radius 2 is 1.84 bits per heavy atom. The zero-order valence-corrected chi connectivity index (χ0v) is 14.1. The minimum atomic E-state index is -0.632. The normalized spacial score (nSPS) is 10.7. The van der Waals surface area contributed by atoms with Crippen molar-refractivity contribution in [1.29, 1.82) is 0 Å². The molecule has 0 bridgehead atoms. The van der Waals surface area contributed by atoms with Gasteiger partial charge in [-0.2, -0.15) is 0 Å². The Labute approximate surface area is 144 Å². The summed E-state index contributed by atoms with van der Waals surface area (Å²) < 4.78 is 6.20. The lowest BCUT2D eigenvalue weighted by atomic mass is 10.1. The summed E-state index contributed by atoms with van der Waals surface area (Å²) in [5.41, 5.74) is 0.903. The lowest BCUT2D eigenvalue weighted by molar-refractivity contribution is -0.279. The third-order valence-electron chi connectivity index (χ3n) is 4.08. The van der Waals surface area contributed by atoms with E-state index < -0.39 is 17.3 Å². The van der Waals surface area contributed by atoms with E-state index in [9.17, 15) is 14.7 Å². The standard InChI is InChI=1S/C19H18N2O4/c1-11-8-9-15(25-3)14(10-11)20-17(22)16-12-6-4-5-7-13(12)18(23)21(2)19(16)24/h4-10,24H,1-3H3,(H,20,22)/p-1. The van der Waals surface area contributed by atoms with Crippen molar-refractivity contribution in [3.05, 3.63) is 63.9 Å². The molecule has 0 saturated carbocycles. The predicted molar refractivity (Wildman–Crippen MR) is 94.3 cm³/mol. The number of ether oxygens (including phenoxy) is 1. The number of hydrogen-bond acceptors (Lipinski definition) is 4. The molecule has 6 nitrogen and oxygen atoms in total. The van der Waals surface area contributed by atoms with E-state index in [-0.39, 0.29) is 5.56 Å². The van der Waals surface area contributed by atoms with E-state index in [2.05, 4.69) is 5.32 Å². The maximum atomic E-state index is 12.8. The number of carbonyl (C=O) groups excluding carboxylic acids is 1. The van der Waals surface area contributed by atoms with E-state index in [1.807, 2.05) is 13.0 Å². The van der Waals surface area contributed by atoms with Crippen LogP contribution in [0.4, 0.5) is 5.69 Å². The van der Waals surface area contributed by atoms with Crippen molar-refractivity contribution >= 4 is 22.4 Å². The number of benzene rings is 2. The van der Waals surface area contributed by atoms with Gasteiger partial charge in [0.2, 0.25) is 0 Å². The van der Waals surface area contributed by atoms with Gasteiger partial charge in [0.25, 0.3) is 11.5 Å². The van der Waals surface area contributed by atoms with E-state index in [1.54, 1.807) is 36.4 Å². The molecule has 0 atom stereocenters. The van der Waals surface area contributed by atoms with Gasteiger partial charge in [0, 0.05) is 17.8 Å². The highest BCUT2D eigenvalue weighted by molar-refractivity contribution is 6.14. The van der Waals surface area contributed by atoms with Gasteiger partial charge in [0.05, 0.1) is 18.4 Å². The minimum absolute atomic E-state index is 0.0683. The van der Waals surface area contributed by atoms with Crippen LogP contribution in [0.2, 0.25) is 0 Å². The molecule has 1 heterocycles. The van der Waals surface area contributed by atoms with E-state index in [0.29, 0.717) is 22.2 Å². The van der Waals surface area contributed by atoms with Gasteiger partial charge in [0.1, 0.15) is 5.75 Å². The first-order valence-corrected chi connectivity index (χ1v) is 7.68. The molecule has 0 radical (unpaired) electrons. The highest BCUT2D eigenvalue weighted by atomic mass is 16.5. The van der Waals surface area contributed by atoms with Crippen LogP contribution in [0, 0.1) is 6.92 Å². The van der Waals surface area contributed by atoms with Crippen LogP contribution in [0.1, 0.15) is 15.9 Å². The van der Waals surface area contributed by atoms with Crippen molar-refractivity contribution in [3.8, 4) is 11.6 Å². The first-order chi connectivity index (χ1) is 11.9. The molecular formula is C19H17N2O4-. The fraction of sp³-hybridized carbons (Fsp3) is 0.158. The van der Waals surface area contributed by atoms with Crippen LogP contribution in [0.3, 0.4) is 0 Å². The van der Waals surface area contributed by atoms with Crippen LogP contribution in [0.15, 0.2) is 47.3 Å². The fourth-order valence-corrected chi connectivity index (χ4v) is 2.77. The number of rotatable bonds is 3. The molecule has 128 valence electrons. The molecule has 0 fully saturated rings. The molecule has 3 aromatic rings. The second kappa shape index (κ2) is 6.32. The molecule has 1 amide bonds. The number of nitrogens with one attached hydrogen (secondary N) is 1. The first-order valence-electron chi connectivity index (χ1n) is 7.68. The van der Waals surface area contributed by atoms with Gasteiger partial charge in [-0.3, -0.25) is 9.59 Å². The average molecular weight is 337 g/mol. The number of pyridine rings is 1. The maximum Gasteiger partial charge on any atom is 0.257 e. The summed E-state index contributed by atoms with van der Waals surface area (Å²) in [5, 5.41) is 15.9. The van der Waals surface area contributed by atoms with Crippen molar-refractivity contribution < 1.29 is 14.6 Å².